The molecule has 0 saturated heterocycles. The van der Waals surface area contributed by atoms with E-state index in [2.05, 4.69) is 16.0 Å². The van der Waals surface area contributed by atoms with Gasteiger partial charge in [-0.3, -0.25) is 14.4 Å². The van der Waals surface area contributed by atoms with Gasteiger partial charge in [-0.2, -0.15) is 0 Å². The topological polar surface area (TPSA) is 87.3 Å². The van der Waals surface area contributed by atoms with Crippen LogP contribution in [0.3, 0.4) is 0 Å². The van der Waals surface area contributed by atoms with Gasteiger partial charge in [0.05, 0.1) is 0 Å². The monoisotopic (exact) mass is 561 g/mol. The lowest BCUT2D eigenvalue weighted by Crippen LogP contribution is -2.37. The Balaban J connectivity index is 1.52. The van der Waals surface area contributed by atoms with E-state index in [4.69, 9.17) is 0 Å². The Hall–Kier alpha value is -4.71. The molecular weight excluding hydrogens is 522 g/mol. The normalized spacial score (nSPS) is 12.9. The molecule has 0 fully saturated rings. The van der Waals surface area contributed by atoms with Gasteiger partial charge in [0.2, 0.25) is 0 Å². The van der Waals surface area contributed by atoms with Crippen LogP contribution in [0.2, 0.25) is 0 Å². The lowest BCUT2D eigenvalue weighted by molar-refractivity contribution is 0.0939. The Morgan fingerprint density at radius 2 is 0.690 bits per heavy atom. The third kappa shape index (κ3) is 9.16. The molecule has 42 heavy (non-hydrogen) atoms. The van der Waals surface area contributed by atoms with E-state index in [-0.39, 0.29) is 52.5 Å². The summed E-state index contributed by atoms with van der Waals surface area (Å²) >= 11 is 0. The van der Waals surface area contributed by atoms with Crippen LogP contribution in [-0.2, 0) is 19.3 Å². The summed E-state index contributed by atoms with van der Waals surface area (Å²) in [5.41, 5.74) is 4.12. The van der Waals surface area contributed by atoms with E-state index in [0.29, 0.717) is 19.3 Å². The van der Waals surface area contributed by atoms with Gasteiger partial charge >= 0.3 is 0 Å². The first kappa shape index (κ1) is 30.3. The molecule has 0 aliphatic heterocycles. The summed E-state index contributed by atoms with van der Waals surface area (Å²) in [6, 6.07) is 34.0. The molecule has 4 aromatic rings. The molecule has 0 radical (unpaired) electrons. The summed E-state index contributed by atoms with van der Waals surface area (Å²) in [6.07, 6.45) is 1.98. The second-order valence-corrected chi connectivity index (χ2v) is 11.0. The van der Waals surface area contributed by atoms with E-state index in [1.54, 1.807) is 18.2 Å². The van der Waals surface area contributed by atoms with Gasteiger partial charge in [0, 0.05) is 34.8 Å². The highest BCUT2D eigenvalue weighted by Gasteiger charge is 2.20. The summed E-state index contributed by atoms with van der Waals surface area (Å²) in [6.45, 7) is 5.81. The van der Waals surface area contributed by atoms with Crippen molar-refractivity contribution in [3.05, 3.63) is 143 Å². The number of hydrogen-bond acceptors (Lipinski definition) is 3. The van der Waals surface area contributed by atoms with Crippen LogP contribution in [-0.4, -0.2) is 35.8 Å². The number of carbonyl (C=O) groups is 3. The highest BCUT2D eigenvalue weighted by atomic mass is 16.2. The van der Waals surface area contributed by atoms with Crippen molar-refractivity contribution in [2.45, 2.75) is 58.2 Å². The average molecular weight is 562 g/mol. The fourth-order valence-electron chi connectivity index (χ4n) is 5.00. The van der Waals surface area contributed by atoms with Crippen LogP contribution in [0.1, 0.15) is 68.5 Å². The number of rotatable bonds is 12. The highest BCUT2D eigenvalue weighted by Crippen LogP contribution is 2.14. The zero-order chi connectivity index (χ0) is 29.9. The van der Waals surface area contributed by atoms with Crippen LogP contribution in [0.5, 0.6) is 0 Å². The summed E-state index contributed by atoms with van der Waals surface area (Å²) in [5, 5.41) is 9.06. The molecule has 3 N–H and O–H groups in total. The zero-order valence-corrected chi connectivity index (χ0v) is 24.5. The Bertz CT molecular complexity index is 1280. The second kappa shape index (κ2) is 14.8. The first-order valence-electron chi connectivity index (χ1n) is 14.5. The van der Waals surface area contributed by atoms with Gasteiger partial charge in [0.1, 0.15) is 0 Å². The maximum Gasteiger partial charge on any atom is 0.251 e. The minimum absolute atomic E-state index is 0.147. The van der Waals surface area contributed by atoms with E-state index in [1.165, 1.54) is 0 Å². The number of hydrogen-bond donors (Lipinski definition) is 3. The lowest BCUT2D eigenvalue weighted by atomic mass is 10.0. The molecule has 0 aromatic heterocycles. The van der Waals surface area contributed by atoms with Gasteiger partial charge in [-0.25, -0.2) is 0 Å². The average Bonchev–Trinajstić information content (AvgIpc) is 2.98. The maximum atomic E-state index is 13.3. The SMILES string of the molecule is C[C@H](Cc1ccccc1)NC(=O)c1cc(C(=O)N[C@H](C)Cc2ccccc2)cc(C(=O)N[C@@H](C)Cc2ccccc2)c1. The molecule has 0 saturated carbocycles. The lowest BCUT2D eigenvalue weighted by Gasteiger charge is -2.18. The van der Waals surface area contributed by atoms with Gasteiger partial charge in [-0.1, -0.05) is 91.0 Å². The van der Waals surface area contributed by atoms with E-state index in [1.807, 2.05) is 112 Å². The molecule has 3 atom stereocenters. The van der Waals surface area contributed by atoms with Crippen molar-refractivity contribution in [3.63, 3.8) is 0 Å². The van der Waals surface area contributed by atoms with Gasteiger partial charge in [-0.05, 0) is 74.9 Å². The molecule has 0 bridgehead atoms. The molecule has 0 aliphatic rings. The van der Waals surface area contributed by atoms with E-state index < -0.39 is 0 Å². The number of carbonyl (C=O) groups excluding carboxylic acids is 3. The fraction of sp³-hybridized carbons (Fsp3) is 0.250. The first-order chi connectivity index (χ1) is 20.3. The van der Waals surface area contributed by atoms with Crippen molar-refractivity contribution in [2.24, 2.45) is 0 Å². The predicted octanol–water partition coefficient (Wildman–Crippen LogP) is 5.77. The highest BCUT2D eigenvalue weighted by molar-refractivity contribution is 6.04. The summed E-state index contributed by atoms with van der Waals surface area (Å²) in [5.74, 6) is -1.01. The van der Waals surface area contributed by atoms with Crippen LogP contribution in [0.15, 0.2) is 109 Å². The van der Waals surface area contributed by atoms with Gasteiger partial charge < -0.3 is 16.0 Å². The van der Waals surface area contributed by atoms with E-state index in [0.717, 1.165) is 16.7 Å². The molecular formula is C36H39N3O3. The van der Waals surface area contributed by atoms with E-state index >= 15 is 0 Å². The molecule has 3 amide bonds. The standard InChI is InChI=1S/C36H39N3O3/c1-25(19-28-13-7-4-8-14-28)37-34(40)31-22-32(35(41)38-26(2)20-29-15-9-5-10-16-29)24-33(23-31)36(42)39-27(3)21-30-17-11-6-12-18-30/h4-18,22-27H,19-21H2,1-3H3,(H,37,40)(H,38,41)(H,39,42)/t25-,26-,27+/m1/s1. The molecule has 6 nitrogen and oxygen atoms in total. The Morgan fingerprint density at radius 3 is 0.929 bits per heavy atom. The summed E-state index contributed by atoms with van der Waals surface area (Å²) in [7, 11) is 0. The fourth-order valence-corrected chi connectivity index (χ4v) is 5.00. The molecule has 0 unspecified atom stereocenters. The summed E-state index contributed by atoms with van der Waals surface area (Å²) < 4.78 is 0. The maximum absolute atomic E-state index is 13.3. The second-order valence-electron chi connectivity index (χ2n) is 11.0. The minimum atomic E-state index is -0.336. The molecule has 4 rings (SSSR count). The Kier molecular flexibility index (Phi) is 10.6. The van der Waals surface area contributed by atoms with Crippen molar-refractivity contribution in [1.82, 2.24) is 16.0 Å². The summed E-state index contributed by atoms with van der Waals surface area (Å²) in [4.78, 5) is 40.0. The Labute approximate surface area is 248 Å². The van der Waals surface area contributed by atoms with Crippen molar-refractivity contribution in [1.29, 1.82) is 0 Å². The number of nitrogens with one attached hydrogen (secondary N) is 3. The predicted molar refractivity (Wildman–Crippen MR) is 168 cm³/mol. The third-order valence-corrected chi connectivity index (χ3v) is 7.01. The van der Waals surface area contributed by atoms with Crippen LogP contribution in [0, 0.1) is 0 Å². The molecule has 0 spiro atoms. The number of amides is 3. The Morgan fingerprint density at radius 1 is 0.452 bits per heavy atom. The molecule has 4 aromatic carbocycles. The zero-order valence-electron chi connectivity index (χ0n) is 24.5. The quantitative estimate of drug-likeness (QED) is 0.205. The number of benzene rings is 4. The van der Waals surface area contributed by atoms with Crippen molar-refractivity contribution >= 4 is 17.7 Å². The van der Waals surface area contributed by atoms with Crippen LogP contribution in [0.4, 0.5) is 0 Å². The molecule has 0 heterocycles. The van der Waals surface area contributed by atoms with Gasteiger partial charge in [0.25, 0.3) is 17.7 Å². The molecule has 0 aliphatic carbocycles. The minimum Gasteiger partial charge on any atom is -0.349 e. The third-order valence-electron chi connectivity index (χ3n) is 7.01. The van der Waals surface area contributed by atoms with Crippen molar-refractivity contribution < 1.29 is 14.4 Å². The van der Waals surface area contributed by atoms with Crippen molar-refractivity contribution in [3.8, 4) is 0 Å². The largest absolute Gasteiger partial charge is 0.349 e. The van der Waals surface area contributed by atoms with Gasteiger partial charge in [-0.15, -0.1) is 0 Å². The smallest absolute Gasteiger partial charge is 0.251 e. The first-order valence-corrected chi connectivity index (χ1v) is 14.5. The molecule has 6 heteroatoms. The van der Waals surface area contributed by atoms with Crippen LogP contribution < -0.4 is 16.0 Å². The van der Waals surface area contributed by atoms with E-state index in [9.17, 15) is 14.4 Å². The van der Waals surface area contributed by atoms with Crippen molar-refractivity contribution in [2.75, 3.05) is 0 Å². The van der Waals surface area contributed by atoms with Gasteiger partial charge in [0.15, 0.2) is 0 Å². The van der Waals surface area contributed by atoms with Crippen LogP contribution >= 0.6 is 0 Å². The molecule has 216 valence electrons. The van der Waals surface area contributed by atoms with Crippen LogP contribution in [0.25, 0.3) is 0 Å².